The summed E-state index contributed by atoms with van der Waals surface area (Å²) in [7, 11) is 2.21. The zero-order chi connectivity index (χ0) is 13.0. The van der Waals surface area contributed by atoms with Crippen molar-refractivity contribution in [2.24, 2.45) is 0 Å². The molecule has 0 unspecified atom stereocenters. The molecule has 0 atom stereocenters. The number of nitrogens with zero attached hydrogens (tertiary/aromatic N) is 1. The quantitative estimate of drug-likeness (QED) is 0.768. The van der Waals surface area contributed by atoms with Crippen LogP contribution in [0.25, 0.3) is 0 Å². The van der Waals surface area contributed by atoms with Gasteiger partial charge in [0.2, 0.25) is 0 Å². The standard InChI is InChI=1S/C15H26N2O/c1-4-14(5-2)17(3)11-12-8-9-18-15(12)10-16-13-6-7-13/h8-9,13-14,16H,4-7,10-11H2,1-3H3. The molecule has 102 valence electrons. The lowest BCUT2D eigenvalue weighted by Crippen LogP contribution is -2.30. The van der Waals surface area contributed by atoms with Crippen molar-refractivity contribution in [2.75, 3.05) is 7.05 Å². The van der Waals surface area contributed by atoms with E-state index in [4.69, 9.17) is 4.42 Å². The Bertz CT molecular complexity index is 353. The fourth-order valence-electron chi connectivity index (χ4n) is 2.50. The molecule has 2 rings (SSSR count). The third-order valence-electron chi connectivity index (χ3n) is 3.95. The number of nitrogens with one attached hydrogen (secondary N) is 1. The van der Waals surface area contributed by atoms with E-state index in [9.17, 15) is 0 Å². The van der Waals surface area contributed by atoms with Gasteiger partial charge in [-0.3, -0.25) is 4.90 Å². The van der Waals surface area contributed by atoms with Gasteiger partial charge < -0.3 is 9.73 Å². The van der Waals surface area contributed by atoms with Gasteiger partial charge in [0, 0.05) is 24.2 Å². The van der Waals surface area contributed by atoms with Crippen molar-refractivity contribution in [3.63, 3.8) is 0 Å². The lowest BCUT2D eigenvalue weighted by Gasteiger charge is -2.25. The summed E-state index contributed by atoms with van der Waals surface area (Å²) >= 11 is 0. The summed E-state index contributed by atoms with van der Waals surface area (Å²) in [5.74, 6) is 1.11. The summed E-state index contributed by atoms with van der Waals surface area (Å²) in [4.78, 5) is 2.44. The highest BCUT2D eigenvalue weighted by Crippen LogP contribution is 2.21. The maximum absolute atomic E-state index is 5.60. The third-order valence-corrected chi connectivity index (χ3v) is 3.95. The van der Waals surface area contributed by atoms with E-state index in [2.05, 4.69) is 37.2 Å². The highest BCUT2D eigenvalue weighted by molar-refractivity contribution is 5.17. The minimum absolute atomic E-state index is 0.671. The van der Waals surface area contributed by atoms with Crippen molar-refractivity contribution in [2.45, 2.75) is 64.7 Å². The van der Waals surface area contributed by atoms with Crippen LogP contribution >= 0.6 is 0 Å². The average Bonchev–Trinajstić information content (AvgIpc) is 3.09. The molecule has 1 aromatic rings. The van der Waals surface area contributed by atoms with Crippen molar-refractivity contribution in [3.8, 4) is 0 Å². The first-order valence-electron chi connectivity index (χ1n) is 7.23. The van der Waals surface area contributed by atoms with Gasteiger partial charge >= 0.3 is 0 Å². The van der Waals surface area contributed by atoms with E-state index < -0.39 is 0 Å². The van der Waals surface area contributed by atoms with Crippen molar-refractivity contribution < 1.29 is 4.42 Å². The largest absolute Gasteiger partial charge is 0.468 e. The smallest absolute Gasteiger partial charge is 0.122 e. The van der Waals surface area contributed by atoms with Gasteiger partial charge in [0.25, 0.3) is 0 Å². The van der Waals surface area contributed by atoms with Gasteiger partial charge in [-0.2, -0.15) is 0 Å². The molecule has 0 amide bonds. The minimum atomic E-state index is 0.671. The first-order chi connectivity index (χ1) is 8.74. The zero-order valence-corrected chi connectivity index (χ0v) is 11.9. The summed E-state index contributed by atoms with van der Waals surface area (Å²) < 4.78 is 5.60. The second-order valence-electron chi connectivity index (χ2n) is 5.41. The second-order valence-corrected chi connectivity index (χ2v) is 5.41. The van der Waals surface area contributed by atoms with Gasteiger partial charge in [-0.15, -0.1) is 0 Å². The number of furan rings is 1. The van der Waals surface area contributed by atoms with E-state index in [-0.39, 0.29) is 0 Å². The van der Waals surface area contributed by atoms with Gasteiger partial charge in [-0.1, -0.05) is 13.8 Å². The lowest BCUT2D eigenvalue weighted by molar-refractivity contribution is 0.220. The molecule has 0 aliphatic heterocycles. The highest BCUT2D eigenvalue weighted by Gasteiger charge is 2.21. The number of hydrogen-bond acceptors (Lipinski definition) is 3. The third kappa shape index (κ3) is 3.59. The van der Waals surface area contributed by atoms with Gasteiger partial charge in [0.15, 0.2) is 0 Å². The molecule has 1 aromatic heterocycles. The maximum atomic E-state index is 5.60. The summed E-state index contributed by atoms with van der Waals surface area (Å²) in [6.45, 7) is 6.39. The maximum Gasteiger partial charge on any atom is 0.122 e. The van der Waals surface area contributed by atoms with Gasteiger partial charge in [-0.25, -0.2) is 0 Å². The van der Waals surface area contributed by atoms with Crippen LogP contribution in [0.5, 0.6) is 0 Å². The molecule has 1 aliphatic carbocycles. The number of rotatable bonds is 8. The minimum Gasteiger partial charge on any atom is -0.468 e. The van der Waals surface area contributed by atoms with Crippen LogP contribution in [-0.2, 0) is 13.1 Å². The molecule has 0 spiro atoms. The Kier molecular flexibility index (Phi) is 4.84. The van der Waals surface area contributed by atoms with Gasteiger partial charge in [0.1, 0.15) is 5.76 Å². The summed E-state index contributed by atoms with van der Waals surface area (Å²) in [5, 5.41) is 3.52. The highest BCUT2D eigenvalue weighted by atomic mass is 16.3. The van der Waals surface area contributed by atoms with Crippen molar-refractivity contribution in [3.05, 3.63) is 23.7 Å². The Morgan fingerprint density at radius 2 is 2.11 bits per heavy atom. The van der Waals surface area contributed by atoms with Crippen LogP contribution in [0, 0.1) is 0 Å². The average molecular weight is 250 g/mol. The summed E-state index contributed by atoms with van der Waals surface area (Å²) in [5.41, 5.74) is 1.33. The van der Waals surface area contributed by atoms with E-state index in [1.54, 1.807) is 0 Å². The molecule has 0 saturated heterocycles. The van der Waals surface area contributed by atoms with Crippen LogP contribution in [0.3, 0.4) is 0 Å². The molecule has 1 heterocycles. The first-order valence-corrected chi connectivity index (χ1v) is 7.23. The molecule has 1 saturated carbocycles. The molecule has 18 heavy (non-hydrogen) atoms. The molecular formula is C15H26N2O. The Hall–Kier alpha value is -0.800. The Labute approximate surface area is 111 Å². The molecule has 3 heteroatoms. The predicted molar refractivity (Wildman–Crippen MR) is 74.4 cm³/mol. The van der Waals surface area contributed by atoms with E-state index in [1.807, 2.05) is 6.26 Å². The number of hydrogen-bond donors (Lipinski definition) is 1. The van der Waals surface area contributed by atoms with Crippen LogP contribution in [0.15, 0.2) is 16.7 Å². The van der Waals surface area contributed by atoms with Crippen LogP contribution in [0.1, 0.15) is 50.9 Å². The molecule has 3 nitrogen and oxygen atoms in total. The van der Waals surface area contributed by atoms with Crippen LogP contribution < -0.4 is 5.32 Å². The molecule has 1 N–H and O–H groups in total. The molecule has 0 aromatic carbocycles. The van der Waals surface area contributed by atoms with Crippen LogP contribution in [0.2, 0.25) is 0 Å². The van der Waals surface area contributed by atoms with Gasteiger partial charge in [-0.05, 0) is 38.8 Å². The Morgan fingerprint density at radius 3 is 2.72 bits per heavy atom. The predicted octanol–water partition coefficient (Wildman–Crippen LogP) is 3.15. The fraction of sp³-hybridized carbons (Fsp3) is 0.733. The molecular weight excluding hydrogens is 224 g/mol. The molecule has 0 bridgehead atoms. The van der Waals surface area contributed by atoms with Crippen molar-refractivity contribution in [1.82, 2.24) is 10.2 Å². The lowest BCUT2D eigenvalue weighted by atomic mass is 10.1. The molecule has 1 fully saturated rings. The monoisotopic (exact) mass is 250 g/mol. The summed E-state index contributed by atoms with van der Waals surface area (Å²) in [6, 6.07) is 3.52. The van der Waals surface area contributed by atoms with Crippen molar-refractivity contribution in [1.29, 1.82) is 0 Å². The van der Waals surface area contributed by atoms with Crippen molar-refractivity contribution >= 4 is 0 Å². The SMILES string of the molecule is CCC(CC)N(C)Cc1ccoc1CNC1CC1. The van der Waals surface area contributed by atoms with E-state index in [0.29, 0.717) is 6.04 Å². The van der Waals surface area contributed by atoms with Crippen LogP contribution in [-0.4, -0.2) is 24.0 Å². The zero-order valence-electron chi connectivity index (χ0n) is 11.9. The van der Waals surface area contributed by atoms with Gasteiger partial charge in [0.05, 0.1) is 12.8 Å². The van der Waals surface area contributed by atoms with E-state index >= 15 is 0 Å². The molecule has 1 aliphatic rings. The molecule has 0 radical (unpaired) electrons. The topological polar surface area (TPSA) is 28.4 Å². The van der Waals surface area contributed by atoms with Crippen LogP contribution in [0.4, 0.5) is 0 Å². The normalized spacial score (nSPS) is 15.8. The first kappa shape index (κ1) is 13.6. The Morgan fingerprint density at radius 1 is 1.39 bits per heavy atom. The van der Waals surface area contributed by atoms with E-state index in [1.165, 1.54) is 31.2 Å². The second kappa shape index (κ2) is 6.39. The summed E-state index contributed by atoms with van der Waals surface area (Å²) in [6.07, 6.45) is 6.88. The fourth-order valence-corrected chi connectivity index (χ4v) is 2.50. The van der Waals surface area contributed by atoms with E-state index in [0.717, 1.165) is 24.9 Å². The Balaban J connectivity index is 1.89.